The highest BCUT2D eigenvalue weighted by Crippen LogP contribution is 2.33. The number of hydrogen-bond donors (Lipinski definition) is 0. The van der Waals surface area contributed by atoms with Gasteiger partial charge in [-0.1, -0.05) is 5.16 Å². The van der Waals surface area contributed by atoms with Crippen LogP contribution in [0.1, 0.15) is 56.7 Å². The highest BCUT2D eigenvalue weighted by molar-refractivity contribution is 5.96. The van der Waals surface area contributed by atoms with Crippen molar-refractivity contribution in [3.63, 3.8) is 0 Å². The van der Waals surface area contributed by atoms with E-state index in [0.717, 1.165) is 18.5 Å². The summed E-state index contributed by atoms with van der Waals surface area (Å²) in [6.07, 6.45) is 3.37. The molecule has 2 aromatic rings. The molecule has 8 nitrogen and oxygen atoms in total. The second kappa shape index (κ2) is 7.71. The summed E-state index contributed by atoms with van der Waals surface area (Å²) in [6, 6.07) is 3.56. The molecule has 2 aliphatic rings. The van der Waals surface area contributed by atoms with Crippen molar-refractivity contribution < 1.29 is 18.8 Å². The summed E-state index contributed by atoms with van der Waals surface area (Å²) >= 11 is 0. The summed E-state index contributed by atoms with van der Waals surface area (Å²) in [6.45, 7) is 6.54. The van der Waals surface area contributed by atoms with Crippen molar-refractivity contribution in [3.8, 4) is 0 Å². The molecule has 0 radical (unpaired) electrons. The van der Waals surface area contributed by atoms with Crippen molar-refractivity contribution in [2.24, 2.45) is 0 Å². The van der Waals surface area contributed by atoms with E-state index in [4.69, 9.17) is 9.26 Å². The van der Waals surface area contributed by atoms with Crippen molar-refractivity contribution >= 4 is 11.8 Å². The van der Waals surface area contributed by atoms with Crippen LogP contribution in [0.4, 0.5) is 0 Å². The highest BCUT2D eigenvalue weighted by Gasteiger charge is 2.34. The maximum atomic E-state index is 13.0. The molecular formula is C20H24N4O4. The Balaban J connectivity index is 1.51. The largest absolute Gasteiger partial charge is 0.378 e. The molecule has 148 valence electrons. The van der Waals surface area contributed by atoms with Gasteiger partial charge in [0, 0.05) is 25.8 Å². The predicted molar refractivity (Wildman–Crippen MR) is 99.9 cm³/mol. The van der Waals surface area contributed by atoms with Crippen LogP contribution in [-0.2, 0) is 4.74 Å². The first-order valence-electron chi connectivity index (χ1n) is 9.63. The van der Waals surface area contributed by atoms with Gasteiger partial charge in [0.2, 0.25) is 0 Å². The molecule has 0 N–H and O–H groups in total. The zero-order chi connectivity index (χ0) is 19.7. The van der Waals surface area contributed by atoms with Crippen LogP contribution in [0.5, 0.6) is 0 Å². The minimum atomic E-state index is -0.103. The minimum Gasteiger partial charge on any atom is -0.378 e. The van der Waals surface area contributed by atoms with Crippen molar-refractivity contribution in [3.05, 3.63) is 46.6 Å². The van der Waals surface area contributed by atoms with Crippen molar-refractivity contribution in [1.29, 1.82) is 0 Å². The molecule has 0 saturated carbocycles. The lowest BCUT2D eigenvalue weighted by Gasteiger charge is -2.27. The lowest BCUT2D eigenvalue weighted by Crippen LogP contribution is -2.40. The third-order valence-electron chi connectivity index (χ3n) is 5.43. The van der Waals surface area contributed by atoms with Crippen molar-refractivity contribution in [2.75, 3.05) is 32.8 Å². The van der Waals surface area contributed by atoms with Crippen molar-refractivity contribution in [2.45, 2.75) is 32.7 Å². The SMILES string of the molecule is Cc1noc(C)c1C(=O)N1CCC[C@H]1c1ccc(C(=O)N2CCOCC2)cn1. The number of likely N-dealkylation sites (tertiary alicyclic amines) is 1. The van der Waals surface area contributed by atoms with E-state index in [0.29, 0.717) is 55.4 Å². The summed E-state index contributed by atoms with van der Waals surface area (Å²) in [7, 11) is 0. The molecule has 1 atom stereocenters. The molecule has 2 saturated heterocycles. The Bertz CT molecular complexity index is 851. The number of aryl methyl sites for hydroxylation is 2. The third-order valence-corrected chi connectivity index (χ3v) is 5.43. The van der Waals surface area contributed by atoms with Crippen molar-refractivity contribution in [1.82, 2.24) is 19.9 Å². The number of carbonyl (C=O) groups excluding carboxylic acids is 2. The molecule has 0 spiro atoms. The van der Waals surface area contributed by atoms with E-state index >= 15 is 0 Å². The van der Waals surface area contributed by atoms with Crippen LogP contribution in [0.2, 0.25) is 0 Å². The van der Waals surface area contributed by atoms with Crippen LogP contribution in [0.15, 0.2) is 22.9 Å². The van der Waals surface area contributed by atoms with Crippen LogP contribution < -0.4 is 0 Å². The van der Waals surface area contributed by atoms with Crippen LogP contribution in [0, 0.1) is 13.8 Å². The number of pyridine rings is 1. The fourth-order valence-electron chi connectivity index (χ4n) is 3.93. The van der Waals surface area contributed by atoms with Crippen LogP contribution in [0.3, 0.4) is 0 Å². The lowest BCUT2D eigenvalue weighted by atomic mass is 10.1. The van der Waals surface area contributed by atoms with E-state index in [-0.39, 0.29) is 17.9 Å². The van der Waals surface area contributed by atoms with E-state index in [9.17, 15) is 9.59 Å². The first kappa shape index (κ1) is 18.6. The quantitative estimate of drug-likeness (QED) is 0.806. The van der Waals surface area contributed by atoms with E-state index < -0.39 is 0 Å². The van der Waals surface area contributed by atoms with Crippen LogP contribution in [0.25, 0.3) is 0 Å². The van der Waals surface area contributed by atoms with Gasteiger partial charge in [-0.3, -0.25) is 14.6 Å². The Hall–Kier alpha value is -2.74. The van der Waals surface area contributed by atoms with Gasteiger partial charge in [-0.05, 0) is 38.8 Å². The van der Waals surface area contributed by atoms with E-state index in [1.54, 1.807) is 31.0 Å². The number of nitrogens with zero attached hydrogens (tertiary/aromatic N) is 4. The number of hydrogen-bond acceptors (Lipinski definition) is 6. The molecule has 0 aliphatic carbocycles. The second-order valence-corrected chi connectivity index (χ2v) is 7.23. The molecule has 2 fully saturated rings. The number of amides is 2. The lowest BCUT2D eigenvalue weighted by molar-refractivity contribution is 0.0302. The van der Waals surface area contributed by atoms with Gasteiger partial charge in [-0.15, -0.1) is 0 Å². The van der Waals surface area contributed by atoms with Gasteiger partial charge in [0.25, 0.3) is 11.8 Å². The standard InChI is InChI=1S/C20H24N4O4/c1-13-18(14(2)28-22-13)20(26)24-7-3-4-17(24)16-6-5-15(12-21-16)19(25)23-8-10-27-11-9-23/h5-6,12,17H,3-4,7-11H2,1-2H3/t17-/m0/s1. The fourth-order valence-corrected chi connectivity index (χ4v) is 3.93. The summed E-state index contributed by atoms with van der Waals surface area (Å²) in [5, 5.41) is 3.89. The van der Waals surface area contributed by atoms with E-state index in [1.165, 1.54) is 0 Å². The first-order valence-corrected chi connectivity index (χ1v) is 9.63. The number of carbonyl (C=O) groups is 2. The average Bonchev–Trinajstić information content (AvgIpc) is 3.34. The molecule has 0 aromatic carbocycles. The van der Waals surface area contributed by atoms with E-state index in [1.807, 2.05) is 11.0 Å². The Morgan fingerprint density at radius 2 is 1.89 bits per heavy atom. The van der Waals surface area contributed by atoms with Gasteiger partial charge < -0.3 is 19.1 Å². The zero-order valence-electron chi connectivity index (χ0n) is 16.2. The molecular weight excluding hydrogens is 360 g/mol. The minimum absolute atomic E-state index is 0.0302. The average molecular weight is 384 g/mol. The molecule has 0 unspecified atom stereocenters. The Morgan fingerprint density at radius 3 is 2.54 bits per heavy atom. The normalized spacial score (nSPS) is 19.9. The summed E-state index contributed by atoms with van der Waals surface area (Å²) in [5.41, 5.74) is 2.50. The van der Waals surface area contributed by atoms with Gasteiger partial charge in [-0.25, -0.2) is 0 Å². The molecule has 2 aromatic heterocycles. The van der Waals surface area contributed by atoms with E-state index in [2.05, 4.69) is 10.1 Å². The Kier molecular flexibility index (Phi) is 5.13. The molecule has 8 heteroatoms. The first-order chi connectivity index (χ1) is 13.6. The summed E-state index contributed by atoms with van der Waals surface area (Å²) in [4.78, 5) is 33.8. The highest BCUT2D eigenvalue weighted by atomic mass is 16.5. The van der Waals surface area contributed by atoms with Gasteiger partial charge in [0.05, 0.1) is 36.2 Å². The number of morpholine rings is 1. The molecule has 2 aliphatic heterocycles. The molecule has 28 heavy (non-hydrogen) atoms. The topological polar surface area (TPSA) is 88.8 Å². The molecule has 0 bridgehead atoms. The number of aromatic nitrogens is 2. The third kappa shape index (κ3) is 3.40. The predicted octanol–water partition coefficient (Wildman–Crippen LogP) is 2.14. The Labute approximate surface area is 163 Å². The number of ether oxygens (including phenoxy) is 1. The maximum Gasteiger partial charge on any atom is 0.259 e. The zero-order valence-corrected chi connectivity index (χ0v) is 16.2. The number of rotatable bonds is 3. The molecule has 2 amide bonds. The van der Waals surface area contributed by atoms with Crippen LogP contribution in [-0.4, -0.2) is 64.6 Å². The summed E-state index contributed by atoms with van der Waals surface area (Å²) < 4.78 is 10.4. The van der Waals surface area contributed by atoms with Crippen LogP contribution >= 0.6 is 0 Å². The van der Waals surface area contributed by atoms with Gasteiger partial charge in [0.1, 0.15) is 11.3 Å². The smallest absolute Gasteiger partial charge is 0.259 e. The van der Waals surface area contributed by atoms with Gasteiger partial charge in [-0.2, -0.15) is 0 Å². The monoisotopic (exact) mass is 384 g/mol. The summed E-state index contributed by atoms with van der Waals surface area (Å²) in [5.74, 6) is 0.430. The maximum absolute atomic E-state index is 13.0. The second-order valence-electron chi connectivity index (χ2n) is 7.23. The van der Waals surface area contributed by atoms with Gasteiger partial charge in [0.15, 0.2) is 0 Å². The molecule has 4 rings (SSSR count). The Morgan fingerprint density at radius 1 is 1.11 bits per heavy atom. The van der Waals surface area contributed by atoms with Gasteiger partial charge >= 0.3 is 0 Å². The fraction of sp³-hybridized carbons (Fsp3) is 0.500. The molecule has 4 heterocycles.